The fourth-order valence-corrected chi connectivity index (χ4v) is 3.14. The molecule has 25 heavy (non-hydrogen) atoms. The molecule has 3 N–H and O–H groups in total. The van der Waals surface area contributed by atoms with E-state index >= 15 is 0 Å². The molecule has 0 unspecified atom stereocenters. The number of hydrogen-bond acceptors (Lipinski definition) is 7. The van der Waals surface area contributed by atoms with Crippen molar-refractivity contribution in [2.24, 2.45) is 7.05 Å². The molecular formula is C17H22N8. The van der Waals surface area contributed by atoms with Gasteiger partial charge < -0.3 is 16.0 Å². The summed E-state index contributed by atoms with van der Waals surface area (Å²) >= 11 is 0. The maximum absolute atomic E-state index is 6.17. The first kappa shape index (κ1) is 15.8. The van der Waals surface area contributed by atoms with Crippen molar-refractivity contribution in [2.75, 3.05) is 31.2 Å². The number of rotatable bonds is 3. The number of anilines is 2. The third-order valence-electron chi connectivity index (χ3n) is 4.64. The van der Waals surface area contributed by atoms with E-state index in [0.717, 1.165) is 42.6 Å². The van der Waals surface area contributed by atoms with Gasteiger partial charge >= 0.3 is 0 Å². The Morgan fingerprint density at radius 1 is 1.20 bits per heavy atom. The molecule has 4 heterocycles. The number of hydrogen-bond donors (Lipinski definition) is 2. The molecule has 0 aromatic carbocycles. The van der Waals surface area contributed by atoms with E-state index in [1.165, 1.54) is 0 Å². The predicted octanol–water partition coefficient (Wildman–Crippen LogP) is 1.51. The second kappa shape index (κ2) is 6.29. The Morgan fingerprint density at radius 2 is 2.00 bits per heavy atom. The van der Waals surface area contributed by atoms with Crippen molar-refractivity contribution in [2.45, 2.75) is 18.9 Å². The average Bonchev–Trinajstić information content (AvgIpc) is 3.03. The summed E-state index contributed by atoms with van der Waals surface area (Å²) in [5.41, 5.74) is 8.52. The van der Waals surface area contributed by atoms with E-state index in [1.807, 2.05) is 25.4 Å². The van der Waals surface area contributed by atoms with Crippen LogP contribution in [-0.4, -0.2) is 55.8 Å². The van der Waals surface area contributed by atoms with Crippen LogP contribution in [0.4, 0.5) is 11.8 Å². The summed E-state index contributed by atoms with van der Waals surface area (Å²) in [6.07, 6.45) is 5.82. The van der Waals surface area contributed by atoms with Gasteiger partial charge in [-0.05, 0) is 45.1 Å². The summed E-state index contributed by atoms with van der Waals surface area (Å²) in [6.45, 7) is 2.15. The van der Waals surface area contributed by atoms with Crippen molar-refractivity contribution >= 4 is 22.8 Å². The smallest absolute Gasteiger partial charge is 0.226 e. The van der Waals surface area contributed by atoms with Gasteiger partial charge in [0.1, 0.15) is 5.82 Å². The van der Waals surface area contributed by atoms with E-state index in [1.54, 1.807) is 10.9 Å². The second-order valence-electron chi connectivity index (χ2n) is 6.62. The van der Waals surface area contributed by atoms with Gasteiger partial charge in [-0.3, -0.25) is 4.68 Å². The number of fused-ring (bicyclic) bond motifs is 1. The first-order chi connectivity index (χ1) is 12.1. The number of piperidine rings is 1. The van der Waals surface area contributed by atoms with Crippen molar-refractivity contribution in [3.63, 3.8) is 0 Å². The largest absolute Gasteiger partial charge is 0.383 e. The van der Waals surface area contributed by atoms with Crippen LogP contribution in [0.3, 0.4) is 0 Å². The van der Waals surface area contributed by atoms with Gasteiger partial charge in [-0.15, -0.1) is 0 Å². The molecule has 1 fully saturated rings. The topological polar surface area (TPSA) is 97.8 Å². The molecule has 8 heteroatoms. The van der Waals surface area contributed by atoms with Gasteiger partial charge in [0.2, 0.25) is 5.95 Å². The molecule has 0 aliphatic carbocycles. The zero-order valence-electron chi connectivity index (χ0n) is 14.5. The highest BCUT2D eigenvalue weighted by atomic mass is 15.2. The fourth-order valence-electron chi connectivity index (χ4n) is 3.14. The Bertz CT molecular complexity index is 895. The minimum atomic E-state index is 0.376. The molecule has 0 radical (unpaired) electrons. The molecule has 4 rings (SSSR count). The van der Waals surface area contributed by atoms with Gasteiger partial charge in [-0.2, -0.15) is 15.1 Å². The zero-order chi connectivity index (χ0) is 17.4. The molecular weight excluding hydrogens is 316 g/mol. The highest BCUT2D eigenvalue weighted by Crippen LogP contribution is 2.25. The summed E-state index contributed by atoms with van der Waals surface area (Å²) in [5, 5.41) is 8.54. The van der Waals surface area contributed by atoms with Crippen LogP contribution < -0.4 is 11.1 Å². The third kappa shape index (κ3) is 3.25. The Kier molecular flexibility index (Phi) is 3.96. The van der Waals surface area contributed by atoms with Crippen molar-refractivity contribution in [3.05, 3.63) is 24.5 Å². The lowest BCUT2D eigenvalue weighted by atomic mass is 10.1. The van der Waals surface area contributed by atoms with Gasteiger partial charge in [0.15, 0.2) is 5.65 Å². The van der Waals surface area contributed by atoms with Crippen molar-refractivity contribution in [3.8, 4) is 11.3 Å². The van der Waals surface area contributed by atoms with Crippen LogP contribution in [0, 0.1) is 0 Å². The predicted molar refractivity (Wildman–Crippen MR) is 98.1 cm³/mol. The number of nitrogens with zero attached hydrogens (tertiary/aromatic N) is 6. The first-order valence-electron chi connectivity index (χ1n) is 8.47. The minimum Gasteiger partial charge on any atom is -0.383 e. The van der Waals surface area contributed by atoms with Crippen molar-refractivity contribution < 1.29 is 0 Å². The quantitative estimate of drug-likeness (QED) is 0.747. The van der Waals surface area contributed by atoms with Crippen LogP contribution >= 0.6 is 0 Å². The number of nitrogen functional groups attached to an aromatic ring is 1. The maximum Gasteiger partial charge on any atom is 0.226 e. The maximum atomic E-state index is 6.17. The van der Waals surface area contributed by atoms with Crippen LogP contribution in [0.15, 0.2) is 24.5 Å². The Hall–Kier alpha value is -2.74. The summed E-state index contributed by atoms with van der Waals surface area (Å²) in [7, 11) is 4.03. The number of pyridine rings is 1. The summed E-state index contributed by atoms with van der Waals surface area (Å²) in [6, 6.07) is 4.26. The molecule has 3 aromatic heterocycles. The first-order valence-corrected chi connectivity index (χ1v) is 8.47. The fraction of sp³-hybridized carbons (Fsp3) is 0.412. The highest BCUT2D eigenvalue weighted by Gasteiger charge is 2.18. The standard InChI is InChI=1S/C17H22N8/c1-24-6-3-12(4-7-24)20-17-21-15(18)13-9-11(10-19-16(13)22-17)14-5-8-25(2)23-14/h5,8-10,12H,3-4,6-7H2,1-2H3,(H3,18,19,20,21,22). The van der Waals surface area contributed by atoms with Crippen molar-refractivity contribution in [1.29, 1.82) is 0 Å². The molecule has 1 aliphatic rings. The van der Waals surface area contributed by atoms with Gasteiger partial charge in [-0.25, -0.2) is 4.98 Å². The number of aromatic nitrogens is 5. The SMILES string of the molecule is CN1CCC(Nc2nc(N)c3cc(-c4ccn(C)n4)cnc3n2)CC1. The second-order valence-corrected chi connectivity index (χ2v) is 6.62. The average molecular weight is 338 g/mol. The number of aryl methyl sites for hydroxylation is 1. The third-order valence-corrected chi connectivity index (χ3v) is 4.64. The van der Waals surface area contributed by atoms with Crippen LogP contribution in [0.1, 0.15) is 12.8 Å². The van der Waals surface area contributed by atoms with E-state index in [0.29, 0.717) is 23.5 Å². The number of nitrogens with one attached hydrogen (secondary N) is 1. The summed E-state index contributed by atoms with van der Waals surface area (Å²) < 4.78 is 1.76. The van der Waals surface area contributed by atoms with Crippen LogP contribution in [0.2, 0.25) is 0 Å². The summed E-state index contributed by atoms with van der Waals surface area (Å²) in [4.78, 5) is 15.8. The van der Waals surface area contributed by atoms with Crippen LogP contribution in [0.5, 0.6) is 0 Å². The van der Waals surface area contributed by atoms with E-state index in [-0.39, 0.29) is 0 Å². The Balaban J connectivity index is 1.61. The van der Waals surface area contributed by atoms with E-state index in [4.69, 9.17) is 5.73 Å². The molecule has 1 aliphatic heterocycles. The van der Waals surface area contributed by atoms with Crippen LogP contribution in [-0.2, 0) is 7.05 Å². The Labute approximate surface area is 146 Å². The van der Waals surface area contributed by atoms with E-state index in [9.17, 15) is 0 Å². The molecule has 0 amide bonds. The van der Waals surface area contributed by atoms with E-state index < -0.39 is 0 Å². The lowest BCUT2D eigenvalue weighted by molar-refractivity contribution is 0.263. The zero-order valence-corrected chi connectivity index (χ0v) is 14.5. The lowest BCUT2D eigenvalue weighted by Gasteiger charge is -2.29. The van der Waals surface area contributed by atoms with E-state index in [2.05, 4.69) is 37.3 Å². The van der Waals surface area contributed by atoms with Gasteiger partial charge in [-0.1, -0.05) is 0 Å². The molecule has 3 aromatic rings. The highest BCUT2D eigenvalue weighted by molar-refractivity contribution is 5.89. The summed E-state index contributed by atoms with van der Waals surface area (Å²) in [5.74, 6) is 0.989. The monoisotopic (exact) mass is 338 g/mol. The Morgan fingerprint density at radius 3 is 2.72 bits per heavy atom. The normalized spacial score (nSPS) is 16.4. The molecule has 1 saturated heterocycles. The molecule has 0 atom stereocenters. The number of likely N-dealkylation sites (tertiary alicyclic amines) is 1. The molecule has 8 nitrogen and oxygen atoms in total. The van der Waals surface area contributed by atoms with Gasteiger partial charge in [0, 0.05) is 31.0 Å². The lowest BCUT2D eigenvalue weighted by Crippen LogP contribution is -2.37. The van der Waals surface area contributed by atoms with Gasteiger partial charge in [0.05, 0.1) is 11.1 Å². The van der Waals surface area contributed by atoms with Crippen LogP contribution in [0.25, 0.3) is 22.3 Å². The molecule has 0 saturated carbocycles. The molecule has 0 bridgehead atoms. The molecule has 130 valence electrons. The van der Waals surface area contributed by atoms with Crippen molar-refractivity contribution in [1.82, 2.24) is 29.6 Å². The molecule has 0 spiro atoms. The number of nitrogens with two attached hydrogens (primary N) is 1. The van der Waals surface area contributed by atoms with Gasteiger partial charge in [0.25, 0.3) is 0 Å². The minimum absolute atomic E-state index is 0.376.